The zero-order chi connectivity index (χ0) is 13.2. The Balaban J connectivity index is 2.79. The van der Waals surface area contributed by atoms with E-state index in [4.69, 9.17) is 0 Å². The smallest absolute Gasteiger partial charge is 0.342 e. The molecule has 0 bridgehead atoms. The molecular formula is C10H14F3N3O. The van der Waals surface area contributed by atoms with Gasteiger partial charge in [0, 0.05) is 18.3 Å². The van der Waals surface area contributed by atoms with Crippen LogP contribution in [0, 0.1) is 6.92 Å². The molecule has 1 aromatic heterocycles. The zero-order valence-corrected chi connectivity index (χ0v) is 9.80. The van der Waals surface area contributed by atoms with Crippen molar-refractivity contribution in [1.82, 2.24) is 15.1 Å². The Morgan fingerprint density at radius 3 is 2.59 bits per heavy atom. The number of aryl methyl sites for hydroxylation is 2. The third-order valence-corrected chi connectivity index (χ3v) is 2.38. The van der Waals surface area contributed by atoms with Gasteiger partial charge in [0.1, 0.15) is 0 Å². The van der Waals surface area contributed by atoms with Crippen LogP contribution < -0.4 is 5.32 Å². The normalized spacial score (nSPS) is 13.5. The molecule has 1 N–H and O–H groups in total. The summed E-state index contributed by atoms with van der Waals surface area (Å²) >= 11 is 0. The number of halogens is 3. The summed E-state index contributed by atoms with van der Waals surface area (Å²) in [6, 6.07) is -0.718. The van der Waals surface area contributed by atoms with Gasteiger partial charge in [-0.2, -0.15) is 18.3 Å². The highest BCUT2D eigenvalue weighted by Gasteiger charge is 2.39. The lowest BCUT2D eigenvalue weighted by Gasteiger charge is -2.14. The molecule has 17 heavy (non-hydrogen) atoms. The molecule has 0 radical (unpaired) electrons. The number of aromatic nitrogens is 2. The second-order valence-electron chi connectivity index (χ2n) is 3.72. The maximum Gasteiger partial charge on any atom is 0.471 e. The van der Waals surface area contributed by atoms with Gasteiger partial charge in [0.25, 0.3) is 0 Å². The fraction of sp³-hybridized carbons (Fsp3) is 0.600. The van der Waals surface area contributed by atoms with Gasteiger partial charge in [-0.25, -0.2) is 0 Å². The Bertz CT molecular complexity index is 411. The molecule has 0 saturated heterocycles. The fourth-order valence-electron chi connectivity index (χ4n) is 1.48. The molecule has 1 unspecified atom stereocenters. The van der Waals surface area contributed by atoms with E-state index >= 15 is 0 Å². The summed E-state index contributed by atoms with van der Waals surface area (Å²) in [5.74, 6) is -1.94. The quantitative estimate of drug-likeness (QED) is 0.890. The molecule has 1 rings (SSSR count). The van der Waals surface area contributed by atoms with E-state index in [1.165, 1.54) is 6.92 Å². The number of hydrogen-bond donors (Lipinski definition) is 1. The lowest BCUT2D eigenvalue weighted by Crippen LogP contribution is -2.38. The van der Waals surface area contributed by atoms with E-state index in [1.54, 1.807) is 17.8 Å². The van der Waals surface area contributed by atoms with Gasteiger partial charge in [0.15, 0.2) is 0 Å². The molecule has 7 heteroatoms. The van der Waals surface area contributed by atoms with Gasteiger partial charge < -0.3 is 5.32 Å². The summed E-state index contributed by atoms with van der Waals surface area (Å²) in [7, 11) is 0. The predicted molar refractivity (Wildman–Crippen MR) is 55.3 cm³/mol. The molecular weight excluding hydrogens is 235 g/mol. The molecule has 1 heterocycles. The van der Waals surface area contributed by atoms with Crippen LogP contribution in [-0.2, 0) is 11.3 Å². The molecule has 0 spiro atoms. The summed E-state index contributed by atoms with van der Waals surface area (Å²) in [5.41, 5.74) is 1.20. The molecule has 0 aliphatic carbocycles. The third kappa shape index (κ3) is 3.21. The number of rotatable bonds is 3. The maximum absolute atomic E-state index is 12.1. The minimum absolute atomic E-state index is 0.587. The van der Waals surface area contributed by atoms with E-state index in [2.05, 4.69) is 5.10 Å². The first-order valence-electron chi connectivity index (χ1n) is 5.17. The van der Waals surface area contributed by atoms with Crippen molar-refractivity contribution in [1.29, 1.82) is 0 Å². The van der Waals surface area contributed by atoms with Crippen molar-refractivity contribution in [3.8, 4) is 0 Å². The number of nitrogens with one attached hydrogen (secondary N) is 1. The molecule has 1 atom stereocenters. The molecule has 1 aromatic rings. The van der Waals surface area contributed by atoms with E-state index in [1.807, 2.05) is 12.2 Å². The van der Waals surface area contributed by atoms with Crippen LogP contribution in [0.3, 0.4) is 0 Å². The molecule has 0 aliphatic rings. The van der Waals surface area contributed by atoms with Crippen molar-refractivity contribution in [2.45, 2.75) is 39.5 Å². The minimum atomic E-state index is -4.86. The van der Waals surface area contributed by atoms with Crippen molar-refractivity contribution in [3.05, 3.63) is 17.5 Å². The lowest BCUT2D eigenvalue weighted by molar-refractivity contribution is -0.174. The van der Waals surface area contributed by atoms with Crippen LogP contribution in [0.15, 0.2) is 6.20 Å². The van der Waals surface area contributed by atoms with Gasteiger partial charge in [-0.1, -0.05) is 0 Å². The van der Waals surface area contributed by atoms with Gasteiger partial charge in [0.2, 0.25) is 0 Å². The summed E-state index contributed by atoms with van der Waals surface area (Å²) < 4.78 is 37.8. The van der Waals surface area contributed by atoms with E-state index in [0.717, 1.165) is 0 Å². The molecule has 1 amide bonds. The fourth-order valence-corrected chi connectivity index (χ4v) is 1.48. The van der Waals surface area contributed by atoms with Crippen molar-refractivity contribution in [2.75, 3.05) is 0 Å². The van der Waals surface area contributed by atoms with Crippen LogP contribution in [-0.4, -0.2) is 21.9 Å². The first-order chi connectivity index (χ1) is 7.75. The summed E-state index contributed by atoms with van der Waals surface area (Å²) in [6.45, 7) is 5.68. The van der Waals surface area contributed by atoms with E-state index in [9.17, 15) is 18.0 Å². The summed E-state index contributed by atoms with van der Waals surface area (Å²) in [6.07, 6.45) is -3.22. The molecule has 4 nitrogen and oxygen atoms in total. The highest BCUT2D eigenvalue weighted by Crippen LogP contribution is 2.20. The second-order valence-corrected chi connectivity index (χ2v) is 3.72. The van der Waals surface area contributed by atoms with Gasteiger partial charge >= 0.3 is 12.1 Å². The van der Waals surface area contributed by atoms with E-state index < -0.39 is 18.1 Å². The largest absolute Gasteiger partial charge is 0.471 e. The zero-order valence-electron chi connectivity index (χ0n) is 9.80. The maximum atomic E-state index is 12.1. The third-order valence-electron chi connectivity index (χ3n) is 2.38. The van der Waals surface area contributed by atoms with Crippen LogP contribution in [0.1, 0.15) is 31.1 Å². The number of alkyl halides is 3. The van der Waals surface area contributed by atoms with Gasteiger partial charge in [-0.05, 0) is 20.8 Å². The average Bonchev–Trinajstić information content (AvgIpc) is 2.58. The van der Waals surface area contributed by atoms with Crippen LogP contribution in [0.4, 0.5) is 13.2 Å². The Morgan fingerprint density at radius 2 is 2.18 bits per heavy atom. The Hall–Kier alpha value is -1.53. The molecule has 0 fully saturated rings. The van der Waals surface area contributed by atoms with Gasteiger partial charge in [-0.15, -0.1) is 0 Å². The lowest BCUT2D eigenvalue weighted by atomic mass is 10.1. The first-order valence-corrected chi connectivity index (χ1v) is 5.17. The minimum Gasteiger partial charge on any atom is -0.342 e. The summed E-state index contributed by atoms with van der Waals surface area (Å²) in [5, 5.41) is 6.00. The van der Waals surface area contributed by atoms with Crippen LogP contribution in [0.5, 0.6) is 0 Å². The monoisotopic (exact) mass is 249 g/mol. The van der Waals surface area contributed by atoms with Crippen molar-refractivity contribution < 1.29 is 18.0 Å². The van der Waals surface area contributed by atoms with Gasteiger partial charge in [0.05, 0.1) is 11.7 Å². The summed E-state index contributed by atoms with van der Waals surface area (Å²) in [4.78, 5) is 10.8. The number of amides is 1. The number of carbonyl (C=O) groups excluding carboxylic acids is 1. The second kappa shape index (κ2) is 4.77. The van der Waals surface area contributed by atoms with Crippen molar-refractivity contribution >= 4 is 5.91 Å². The van der Waals surface area contributed by atoms with Gasteiger partial charge in [-0.3, -0.25) is 9.48 Å². The molecule has 96 valence electrons. The molecule has 0 saturated carbocycles. The van der Waals surface area contributed by atoms with Crippen LogP contribution in [0.25, 0.3) is 0 Å². The van der Waals surface area contributed by atoms with Crippen LogP contribution >= 0.6 is 0 Å². The standard InChI is InChI=1S/C10H14F3N3O/c1-4-16-5-8(7(3)15-16)6(2)14-9(17)10(11,12)13/h5-6H,4H2,1-3H3,(H,14,17). The van der Waals surface area contributed by atoms with E-state index in [0.29, 0.717) is 17.8 Å². The molecule has 0 aliphatic heterocycles. The average molecular weight is 249 g/mol. The first kappa shape index (κ1) is 13.5. The van der Waals surface area contributed by atoms with E-state index in [-0.39, 0.29) is 0 Å². The Morgan fingerprint density at radius 1 is 1.59 bits per heavy atom. The van der Waals surface area contributed by atoms with Crippen LogP contribution in [0.2, 0.25) is 0 Å². The predicted octanol–water partition coefficient (Wildman–Crippen LogP) is 1.95. The number of nitrogens with zero attached hydrogens (tertiary/aromatic N) is 2. The topological polar surface area (TPSA) is 46.9 Å². The SMILES string of the molecule is CCn1cc(C(C)NC(=O)C(F)(F)F)c(C)n1. The molecule has 0 aromatic carbocycles. The van der Waals surface area contributed by atoms with Crippen molar-refractivity contribution in [3.63, 3.8) is 0 Å². The number of carbonyl (C=O) groups is 1. The highest BCUT2D eigenvalue weighted by molar-refractivity contribution is 5.82. The Labute approximate surface area is 96.8 Å². The Kier molecular flexibility index (Phi) is 3.79. The number of hydrogen-bond acceptors (Lipinski definition) is 2. The van der Waals surface area contributed by atoms with Crippen molar-refractivity contribution in [2.24, 2.45) is 0 Å². The highest BCUT2D eigenvalue weighted by atomic mass is 19.4.